The van der Waals surface area contributed by atoms with Crippen molar-refractivity contribution in [3.63, 3.8) is 0 Å². The summed E-state index contributed by atoms with van der Waals surface area (Å²) in [4.78, 5) is 38.3. The van der Waals surface area contributed by atoms with Crippen LogP contribution in [0.3, 0.4) is 0 Å². The largest absolute Gasteiger partial charge is 0.480 e. The minimum atomic E-state index is -1.05. The molecule has 1 N–H and O–H groups in total. The summed E-state index contributed by atoms with van der Waals surface area (Å²) in [7, 11) is 0. The van der Waals surface area contributed by atoms with Crippen molar-refractivity contribution >= 4 is 17.8 Å². The van der Waals surface area contributed by atoms with E-state index >= 15 is 0 Å². The third kappa shape index (κ3) is 3.42. The van der Waals surface area contributed by atoms with Crippen molar-refractivity contribution < 1.29 is 19.5 Å². The minimum Gasteiger partial charge on any atom is -0.480 e. The molecule has 0 radical (unpaired) electrons. The zero-order valence-corrected chi connectivity index (χ0v) is 12.0. The van der Waals surface area contributed by atoms with Crippen LogP contribution in [0.1, 0.15) is 38.5 Å². The Morgan fingerprint density at radius 2 is 2.00 bits per heavy atom. The predicted molar refractivity (Wildman–Crippen MR) is 75.2 cm³/mol. The van der Waals surface area contributed by atoms with Gasteiger partial charge in [0.2, 0.25) is 11.8 Å². The van der Waals surface area contributed by atoms with Crippen LogP contribution in [-0.2, 0) is 14.4 Å². The molecule has 6 heteroatoms. The van der Waals surface area contributed by atoms with E-state index in [0.29, 0.717) is 0 Å². The summed E-state index contributed by atoms with van der Waals surface area (Å²) in [5, 5.41) is 8.92. The van der Waals surface area contributed by atoms with E-state index in [1.807, 2.05) is 0 Å². The quantitative estimate of drug-likeness (QED) is 0.588. The molecular weight excluding hydrogens is 272 g/mol. The second-order valence-corrected chi connectivity index (χ2v) is 5.62. The Kier molecular flexibility index (Phi) is 4.97. The first-order valence-corrected chi connectivity index (χ1v) is 7.29. The highest BCUT2D eigenvalue weighted by Gasteiger charge is 2.45. The summed E-state index contributed by atoms with van der Waals surface area (Å²) in [6, 6.07) is -0.757. The molecule has 21 heavy (non-hydrogen) atoms. The van der Waals surface area contributed by atoms with Crippen LogP contribution in [0.25, 0.3) is 0 Å². The highest BCUT2D eigenvalue weighted by atomic mass is 16.4. The number of carbonyl (C=O) groups is 3. The van der Waals surface area contributed by atoms with Gasteiger partial charge in [-0.3, -0.25) is 24.2 Å². The number of rotatable bonds is 5. The lowest BCUT2D eigenvalue weighted by molar-refractivity contribution is -0.143. The fourth-order valence-electron chi connectivity index (χ4n) is 3.21. The average molecular weight is 292 g/mol. The predicted octanol–water partition coefficient (Wildman–Crippen LogP) is 0.466. The van der Waals surface area contributed by atoms with E-state index in [9.17, 15) is 14.4 Å². The molecule has 2 aliphatic rings. The third-order valence-corrected chi connectivity index (χ3v) is 4.17. The summed E-state index contributed by atoms with van der Waals surface area (Å²) in [6.45, 7) is -0.277. The lowest BCUT2D eigenvalue weighted by atomic mass is 9.94. The number of likely N-dealkylation sites (tertiary alicyclic amines) is 1. The van der Waals surface area contributed by atoms with E-state index in [2.05, 4.69) is 5.92 Å². The molecule has 1 saturated carbocycles. The second kappa shape index (κ2) is 6.72. The summed E-state index contributed by atoms with van der Waals surface area (Å²) in [6.07, 6.45) is 10.1. The van der Waals surface area contributed by atoms with Gasteiger partial charge in [-0.2, -0.15) is 0 Å². The molecule has 2 rings (SSSR count). The Bertz CT molecular complexity index is 477. The van der Waals surface area contributed by atoms with E-state index in [0.717, 1.165) is 32.1 Å². The molecular formula is C15H20N2O4. The summed E-state index contributed by atoms with van der Waals surface area (Å²) in [5.74, 6) is 0.813. The summed E-state index contributed by atoms with van der Waals surface area (Å²) >= 11 is 0. The molecule has 1 atom stereocenters. The number of nitrogens with zero attached hydrogens (tertiary/aromatic N) is 2. The molecule has 1 aliphatic carbocycles. The fraction of sp³-hybridized carbons (Fsp3) is 0.667. The smallest absolute Gasteiger partial charge is 0.317 e. The Labute approximate surface area is 124 Å². The number of carboxylic acid groups (broad SMARTS) is 1. The van der Waals surface area contributed by atoms with Crippen LogP contribution >= 0.6 is 0 Å². The minimum absolute atomic E-state index is 0.0266. The van der Waals surface area contributed by atoms with Gasteiger partial charge >= 0.3 is 5.97 Å². The molecule has 1 saturated heterocycles. The van der Waals surface area contributed by atoms with Gasteiger partial charge in [0, 0.05) is 6.04 Å². The molecule has 0 bridgehead atoms. The third-order valence-electron chi connectivity index (χ3n) is 4.17. The second-order valence-electron chi connectivity index (χ2n) is 5.62. The van der Waals surface area contributed by atoms with Crippen LogP contribution < -0.4 is 0 Å². The molecule has 1 aliphatic heterocycles. The van der Waals surface area contributed by atoms with Crippen molar-refractivity contribution in [2.24, 2.45) is 0 Å². The lowest BCUT2D eigenvalue weighted by Gasteiger charge is -2.30. The van der Waals surface area contributed by atoms with Crippen LogP contribution in [0, 0.1) is 12.3 Å². The number of carbonyl (C=O) groups excluding carboxylic acids is 2. The van der Waals surface area contributed by atoms with Crippen LogP contribution in [0.2, 0.25) is 0 Å². The van der Waals surface area contributed by atoms with Crippen molar-refractivity contribution in [2.45, 2.75) is 50.6 Å². The van der Waals surface area contributed by atoms with E-state index in [4.69, 9.17) is 11.5 Å². The van der Waals surface area contributed by atoms with Gasteiger partial charge in [-0.05, 0) is 12.8 Å². The van der Waals surface area contributed by atoms with Crippen molar-refractivity contribution in [2.75, 3.05) is 13.1 Å². The Morgan fingerprint density at radius 3 is 2.57 bits per heavy atom. The highest BCUT2D eigenvalue weighted by Crippen LogP contribution is 2.28. The van der Waals surface area contributed by atoms with Crippen molar-refractivity contribution in [3.8, 4) is 12.3 Å². The molecule has 1 unspecified atom stereocenters. The molecule has 6 nitrogen and oxygen atoms in total. The first-order chi connectivity index (χ1) is 10.0. The Hall–Kier alpha value is -1.87. The normalized spacial score (nSPS) is 23.6. The van der Waals surface area contributed by atoms with Gasteiger partial charge in [-0.25, -0.2) is 0 Å². The first kappa shape index (κ1) is 15.5. The van der Waals surface area contributed by atoms with Gasteiger partial charge in [-0.1, -0.05) is 25.2 Å². The number of amides is 2. The topological polar surface area (TPSA) is 77.9 Å². The van der Waals surface area contributed by atoms with E-state index in [-0.39, 0.29) is 37.4 Å². The monoisotopic (exact) mass is 292 g/mol. The average Bonchev–Trinajstić information content (AvgIpc) is 2.74. The number of terminal acetylenes is 1. The van der Waals surface area contributed by atoms with Gasteiger partial charge < -0.3 is 5.11 Å². The molecule has 2 amide bonds. The molecule has 0 aromatic heterocycles. The molecule has 0 aromatic carbocycles. The number of hydrogen-bond donors (Lipinski definition) is 1. The fourth-order valence-corrected chi connectivity index (χ4v) is 3.21. The van der Waals surface area contributed by atoms with E-state index in [1.54, 1.807) is 0 Å². The number of carboxylic acids is 1. The zero-order chi connectivity index (χ0) is 15.4. The van der Waals surface area contributed by atoms with Gasteiger partial charge in [0.1, 0.15) is 0 Å². The van der Waals surface area contributed by atoms with Gasteiger partial charge in [0.05, 0.1) is 25.6 Å². The maximum absolute atomic E-state index is 12.5. The van der Waals surface area contributed by atoms with Crippen molar-refractivity contribution in [1.29, 1.82) is 0 Å². The van der Waals surface area contributed by atoms with E-state index in [1.165, 1.54) is 9.80 Å². The van der Waals surface area contributed by atoms with Gasteiger partial charge in [0.25, 0.3) is 0 Å². The standard InChI is InChI=1S/C15H20N2O4/c1-2-8-16(10-14(19)20)12-9-13(18)17(15(12)21)11-6-4-3-5-7-11/h1,11-12H,3-10H2,(H,19,20). The first-order valence-electron chi connectivity index (χ1n) is 7.29. The van der Waals surface area contributed by atoms with Crippen LogP contribution in [0.5, 0.6) is 0 Å². The van der Waals surface area contributed by atoms with Gasteiger partial charge in [0.15, 0.2) is 0 Å². The molecule has 0 spiro atoms. The molecule has 114 valence electrons. The van der Waals surface area contributed by atoms with Gasteiger partial charge in [-0.15, -0.1) is 6.42 Å². The highest BCUT2D eigenvalue weighted by molar-refractivity contribution is 6.06. The van der Waals surface area contributed by atoms with Crippen molar-refractivity contribution in [1.82, 2.24) is 9.80 Å². The summed E-state index contributed by atoms with van der Waals surface area (Å²) in [5.41, 5.74) is 0. The molecule has 0 aromatic rings. The SMILES string of the molecule is C#CCN(CC(=O)O)C1CC(=O)N(C2CCCCC2)C1=O. The number of imide groups is 1. The van der Waals surface area contributed by atoms with Crippen LogP contribution in [-0.4, -0.2) is 57.9 Å². The Balaban J connectivity index is 2.11. The number of aliphatic carboxylic acids is 1. The zero-order valence-electron chi connectivity index (χ0n) is 12.0. The maximum atomic E-state index is 12.5. The Morgan fingerprint density at radius 1 is 1.33 bits per heavy atom. The number of hydrogen-bond acceptors (Lipinski definition) is 4. The maximum Gasteiger partial charge on any atom is 0.317 e. The molecule has 1 heterocycles. The molecule has 2 fully saturated rings. The van der Waals surface area contributed by atoms with Crippen LogP contribution in [0.15, 0.2) is 0 Å². The van der Waals surface area contributed by atoms with E-state index < -0.39 is 12.0 Å². The lowest BCUT2D eigenvalue weighted by Crippen LogP contribution is -2.47. The van der Waals surface area contributed by atoms with Crippen LogP contribution in [0.4, 0.5) is 0 Å². The summed E-state index contributed by atoms with van der Waals surface area (Å²) < 4.78 is 0. The van der Waals surface area contributed by atoms with Crippen molar-refractivity contribution in [3.05, 3.63) is 0 Å².